The SMILES string of the molecule is CCCNc1nccc(-c2ccc(C)c(F)c2)n1. The second-order valence-electron chi connectivity index (χ2n) is 4.16. The molecule has 0 unspecified atom stereocenters. The van der Waals surface area contributed by atoms with Crippen molar-refractivity contribution in [3.8, 4) is 11.3 Å². The minimum absolute atomic E-state index is 0.214. The van der Waals surface area contributed by atoms with Crippen molar-refractivity contribution in [3.63, 3.8) is 0 Å². The van der Waals surface area contributed by atoms with E-state index in [-0.39, 0.29) is 5.82 Å². The first kappa shape index (κ1) is 12.5. The number of anilines is 1. The Hall–Kier alpha value is -1.97. The molecule has 0 atom stereocenters. The molecule has 0 bridgehead atoms. The molecule has 0 amide bonds. The number of hydrogen-bond acceptors (Lipinski definition) is 3. The molecular formula is C14H16FN3. The number of benzene rings is 1. The third-order valence-corrected chi connectivity index (χ3v) is 2.66. The van der Waals surface area contributed by atoms with E-state index in [4.69, 9.17) is 0 Å². The zero-order chi connectivity index (χ0) is 13.0. The highest BCUT2D eigenvalue weighted by Crippen LogP contribution is 2.20. The van der Waals surface area contributed by atoms with Gasteiger partial charge in [-0.3, -0.25) is 0 Å². The summed E-state index contributed by atoms with van der Waals surface area (Å²) in [5, 5.41) is 3.11. The molecule has 18 heavy (non-hydrogen) atoms. The van der Waals surface area contributed by atoms with Crippen molar-refractivity contribution in [2.24, 2.45) is 0 Å². The zero-order valence-corrected chi connectivity index (χ0v) is 10.6. The van der Waals surface area contributed by atoms with Gasteiger partial charge in [-0.15, -0.1) is 0 Å². The van der Waals surface area contributed by atoms with Gasteiger partial charge in [0.05, 0.1) is 5.69 Å². The van der Waals surface area contributed by atoms with Crippen LogP contribution in [0.4, 0.5) is 10.3 Å². The molecule has 0 fully saturated rings. The Morgan fingerprint density at radius 3 is 2.83 bits per heavy atom. The van der Waals surface area contributed by atoms with Crippen LogP contribution in [0, 0.1) is 12.7 Å². The van der Waals surface area contributed by atoms with Gasteiger partial charge in [0.25, 0.3) is 0 Å². The minimum Gasteiger partial charge on any atom is -0.354 e. The smallest absolute Gasteiger partial charge is 0.223 e. The van der Waals surface area contributed by atoms with E-state index in [2.05, 4.69) is 22.2 Å². The lowest BCUT2D eigenvalue weighted by Gasteiger charge is -2.06. The summed E-state index contributed by atoms with van der Waals surface area (Å²) in [5.74, 6) is 0.365. The van der Waals surface area contributed by atoms with Crippen molar-refractivity contribution in [2.45, 2.75) is 20.3 Å². The number of nitrogens with one attached hydrogen (secondary N) is 1. The fourth-order valence-corrected chi connectivity index (χ4v) is 1.59. The molecule has 0 spiro atoms. The Kier molecular flexibility index (Phi) is 3.87. The second kappa shape index (κ2) is 5.58. The monoisotopic (exact) mass is 245 g/mol. The van der Waals surface area contributed by atoms with Crippen LogP contribution in [0.25, 0.3) is 11.3 Å². The van der Waals surface area contributed by atoms with Gasteiger partial charge in [0.15, 0.2) is 0 Å². The van der Waals surface area contributed by atoms with Crippen LogP contribution in [0.5, 0.6) is 0 Å². The molecule has 4 heteroatoms. The van der Waals surface area contributed by atoms with Gasteiger partial charge >= 0.3 is 0 Å². The fourth-order valence-electron chi connectivity index (χ4n) is 1.59. The molecule has 0 aliphatic rings. The van der Waals surface area contributed by atoms with Gasteiger partial charge in [-0.05, 0) is 31.0 Å². The van der Waals surface area contributed by atoms with Crippen LogP contribution in [0.15, 0.2) is 30.5 Å². The maximum Gasteiger partial charge on any atom is 0.223 e. The predicted octanol–water partition coefficient (Wildman–Crippen LogP) is 3.41. The van der Waals surface area contributed by atoms with E-state index >= 15 is 0 Å². The summed E-state index contributed by atoms with van der Waals surface area (Å²) in [6.07, 6.45) is 2.69. The first-order valence-corrected chi connectivity index (χ1v) is 6.04. The predicted molar refractivity (Wildman–Crippen MR) is 70.9 cm³/mol. The number of aryl methyl sites for hydroxylation is 1. The minimum atomic E-state index is -0.214. The van der Waals surface area contributed by atoms with Gasteiger partial charge in [-0.1, -0.05) is 19.1 Å². The lowest BCUT2D eigenvalue weighted by Crippen LogP contribution is -2.04. The summed E-state index contributed by atoms with van der Waals surface area (Å²) in [5.41, 5.74) is 2.12. The number of halogens is 1. The molecule has 0 aliphatic heterocycles. The standard InChI is InChI=1S/C14H16FN3/c1-3-7-16-14-17-8-6-13(18-14)11-5-4-10(2)12(15)9-11/h4-6,8-9H,3,7H2,1-2H3,(H,16,17,18). The summed E-state index contributed by atoms with van der Waals surface area (Å²) in [4.78, 5) is 8.49. The highest BCUT2D eigenvalue weighted by atomic mass is 19.1. The third-order valence-electron chi connectivity index (χ3n) is 2.66. The zero-order valence-electron chi connectivity index (χ0n) is 10.6. The van der Waals surface area contributed by atoms with Gasteiger partial charge in [-0.2, -0.15) is 0 Å². The molecule has 0 radical (unpaired) electrons. The molecule has 2 rings (SSSR count). The van der Waals surface area contributed by atoms with Gasteiger partial charge in [0.1, 0.15) is 5.82 Å². The Morgan fingerprint density at radius 1 is 1.28 bits per heavy atom. The Bertz CT molecular complexity index is 540. The van der Waals surface area contributed by atoms with Gasteiger partial charge in [-0.25, -0.2) is 14.4 Å². The summed E-state index contributed by atoms with van der Waals surface area (Å²) in [6, 6.07) is 6.90. The first-order chi connectivity index (χ1) is 8.70. The highest BCUT2D eigenvalue weighted by Gasteiger charge is 2.04. The maximum absolute atomic E-state index is 13.5. The Balaban J connectivity index is 2.29. The van der Waals surface area contributed by atoms with Crippen LogP contribution in [0.2, 0.25) is 0 Å². The van der Waals surface area contributed by atoms with Crippen molar-refractivity contribution in [1.29, 1.82) is 0 Å². The highest BCUT2D eigenvalue weighted by molar-refractivity contribution is 5.60. The van der Waals surface area contributed by atoms with Crippen molar-refractivity contribution in [3.05, 3.63) is 41.8 Å². The summed E-state index contributed by atoms with van der Waals surface area (Å²) < 4.78 is 13.5. The van der Waals surface area contributed by atoms with Crippen LogP contribution < -0.4 is 5.32 Å². The maximum atomic E-state index is 13.5. The summed E-state index contributed by atoms with van der Waals surface area (Å²) in [7, 11) is 0. The van der Waals surface area contributed by atoms with E-state index < -0.39 is 0 Å². The average molecular weight is 245 g/mol. The largest absolute Gasteiger partial charge is 0.354 e. The van der Waals surface area contributed by atoms with Gasteiger partial charge in [0.2, 0.25) is 5.95 Å². The van der Waals surface area contributed by atoms with Gasteiger partial charge < -0.3 is 5.32 Å². The molecule has 1 aromatic carbocycles. The van der Waals surface area contributed by atoms with E-state index in [9.17, 15) is 4.39 Å². The first-order valence-electron chi connectivity index (χ1n) is 6.04. The van der Waals surface area contributed by atoms with Crippen molar-refractivity contribution >= 4 is 5.95 Å². The van der Waals surface area contributed by atoms with Crippen molar-refractivity contribution in [1.82, 2.24) is 9.97 Å². The molecule has 94 valence electrons. The molecule has 0 saturated heterocycles. The molecule has 1 aromatic heterocycles. The van der Waals surface area contributed by atoms with Crippen LogP contribution in [-0.2, 0) is 0 Å². The number of aromatic nitrogens is 2. The van der Waals surface area contributed by atoms with Crippen molar-refractivity contribution in [2.75, 3.05) is 11.9 Å². The molecule has 1 heterocycles. The number of hydrogen-bond donors (Lipinski definition) is 1. The molecule has 3 nitrogen and oxygen atoms in total. The normalized spacial score (nSPS) is 10.4. The van der Waals surface area contributed by atoms with Crippen LogP contribution >= 0.6 is 0 Å². The molecule has 1 N–H and O–H groups in total. The van der Waals surface area contributed by atoms with E-state index in [1.165, 1.54) is 6.07 Å². The average Bonchev–Trinajstić information content (AvgIpc) is 2.40. The Labute approximate surface area is 106 Å². The molecule has 0 saturated carbocycles. The number of rotatable bonds is 4. The topological polar surface area (TPSA) is 37.8 Å². The summed E-state index contributed by atoms with van der Waals surface area (Å²) in [6.45, 7) is 4.64. The van der Waals surface area contributed by atoms with E-state index in [1.54, 1.807) is 25.3 Å². The third kappa shape index (κ3) is 2.83. The second-order valence-corrected chi connectivity index (χ2v) is 4.16. The van der Waals surface area contributed by atoms with Crippen LogP contribution in [0.1, 0.15) is 18.9 Å². The summed E-state index contributed by atoms with van der Waals surface area (Å²) >= 11 is 0. The number of nitrogens with zero attached hydrogens (tertiary/aromatic N) is 2. The molecular weight excluding hydrogens is 229 g/mol. The lowest BCUT2D eigenvalue weighted by atomic mass is 10.1. The van der Waals surface area contributed by atoms with Gasteiger partial charge in [0, 0.05) is 18.3 Å². The lowest BCUT2D eigenvalue weighted by molar-refractivity contribution is 0.619. The fraction of sp³-hybridized carbons (Fsp3) is 0.286. The molecule has 0 aliphatic carbocycles. The Morgan fingerprint density at radius 2 is 2.11 bits per heavy atom. The van der Waals surface area contributed by atoms with E-state index in [1.807, 2.05) is 6.07 Å². The van der Waals surface area contributed by atoms with Crippen LogP contribution in [0.3, 0.4) is 0 Å². The van der Waals surface area contributed by atoms with E-state index in [0.29, 0.717) is 11.5 Å². The van der Waals surface area contributed by atoms with E-state index in [0.717, 1.165) is 24.2 Å². The van der Waals surface area contributed by atoms with Crippen molar-refractivity contribution < 1.29 is 4.39 Å². The quantitative estimate of drug-likeness (QED) is 0.897. The van der Waals surface area contributed by atoms with Crippen LogP contribution in [-0.4, -0.2) is 16.5 Å². The molecule has 2 aromatic rings.